The number of hydrogen-bond acceptors (Lipinski definition) is 1. The van der Waals surface area contributed by atoms with Gasteiger partial charge in [0.2, 0.25) is 0 Å². The van der Waals surface area contributed by atoms with Gasteiger partial charge in [0, 0.05) is 16.5 Å². The quantitative estimate of drug-likeness (QED) is 0.804. The molecule has 0 radical (unpaired) electrons. The van der Waals surface area contributed by atoms with Crippen LogP contribution in [0.3, 0.4) is 0 Å². The monoisotopic (exact) mass is 253 g/mol. The second kappa shape index (κ2) is 3.65. The van der Waals surface area contributed by atoms with Gasteiger partial charge in [-0.25, -0.2) is 0 Å². The number of nitrogens with one attached hydrogen (secondary N) is 1. The highest BCUT2D eigenvalue weighted by molar-refractivity contribution is 9.10. The first-order chi connectivity index (χ1) is 5.15. The maximum absolute atomic E-state index is 5.86. The Hall–Kier alpha value is 0.0800. The highest BCUT2D eigenvalue weighted by Crippen LogP contribution is 2.33. The zero-order valence-electron chi connectivity index (χ0n) is 5.79. The highest BCUT2D eigenvalue weighted by Gasteiger charge is 2.03. The van der Waals surface area contributed by atoms with Gasteiger partial charge in [-0.1, -0.05) is 23.2 Å². The summed E-state index contributed by atoms with van der Waals surface area (Å²) in [6, 6.07) is 3.49. The fourth-order valence-electron chi connectivity index (χ4n) is 0.781. The minimum Gasteiger partial charge on any atom is -0.386 e. The lowest BCUT2D eigenvalue weighted by atomic mass is 10.3. The van der Waals surface area contributed by atoms with Crippen LogP contribution in [0.15, 0.2) is 16.6 Å². The lowest BCUT2D eigenvalue weighted by Crippen LogP contribution is -1.90. The van der Waals surface area contributed by atoms with E-state index in [2.05, 4.69) is 21.2 Å². The van der Waals surface area contributed by atoms with E-state index < -0.39 is 0 Å². The predicted molar refractivity (Wildman–Crippen MR) is 53.7 cm³/mol. The van der Waals surface area contributed by atoms with Crippen molar-refractivity contribution in [3.8, 4) is 0 Å². The van der Waals surface area contributed by atoms with Crippen LogP contribution in [0.2, 0.25) is 10.0 Å². The fourth-order valence-corrected chi connectivity index (χ4v) is 2.27. The Morgan fingerprint density at radius 3 is 2.45 bits per heavy atom. The average Bonchev–Trinajstić information content (AvgIpc) is 1.85. The molecule has 1 aromatic carbocycles. The summed E-state index contributed by atoms with van der Waals surface area (Å²) >= 11 is 14.9. The van der Waals surface area contributed by atoms with Crippen molar-refractivity contribution >= 4 is 44.8 Å². The van der Waals surface area contributed by atoms with Crippen molar-refractivity contribution < 1.29 is 0 Å². The first-order valence-electron chi connectivity index (χ1n) is 2.97. The molecule has 0 saturated carbocycles. The van der Waals surface area contributed by atoms with Crippen molar-refractivity contribution in [1.29, 1.82) is 0 Å². The van der Waals surface area contributed by atoms with Crippen molar-refractivity contribution in [2.45, 2.75) is 0 Å². The third kappa shape index (κ3) is 2.01. The SMILES string of the molecule is CNc1c(Cl)cc(Cl)cc1Br. The van der Waals surface area contributed by atoms with Crippen molar-refractivity contribution in [3.05, 3.63) is 26.7 Å². The van der Waals surface area contributed by atoms with Gasteiger partial charge in [0.25, 0.3) is 0 Å². The number of benzene rings is 1. The van der Waals surface area contributed by atoms with Gasteiger partial charge in [0.1, 0.15) is 0 Å². The van der Waals surface area contributed by atoms with Gasteiger partial charge >= 0.3 is 0 Å². The van der Waals surface area contributed by atoms with E-state index in [1.807, 2.05) is 0 Å². The van der Waals surface area contributed by atoms with Crippen LogP contribution in [0.1, 0.15) is 0 Å². The molecule has 1 N–H and O–H groups in total. The molecular weight excluding hydrogens is 249 g/mol. The van der Waals surface area contributed by atoms with Crippen LogP contribution in [-0.2, 0) is 0 Å². The van der Waals surface area contributed by atoms with Crippen LogP contribution >= 0.6 is 39.1 Å². The first kappa shape index (κ1) is 9.17. The zero-order chi connectivity index (χ0) is 8.43. The predicted octanol–water partition coefficient (Wildman–Crippen LogP) is 3.80. The molecule has 0 aromatic heterocycles. The van der Waals surface area contributed by atoms with Crippen LogP contribution in [-0.4, -0.2) is 7.05 Å². The second-order valence-electron chi connectivity index (χ2n) is 1.99. The van der Waals surface area contributed by atoms with Gasteiger partial charge < -0.3 is 5.32 Å². The third-order valence-corrected chi connectivity index (χ3v) is 2.40. The van der Waals surface area contributed by atoms with Crippen LogP contribution in [0, 0.1) is 0 Å². The Labute approximate surface area is 83.8 Å². The molecule has 1 nitrogen and oxygen atoms in total. The van der Waals surface area contributed by atoms with Gasteiger partial charge in [-0.2, -0.15) is 0 Å². The molecule has 11 heavy (non-hydrogen) atoms. The molecule has 4 heteroatoms. The molecule has 0 aliphatic heterocycles. The van der Waals surface area contributed by atoms with Gasteiger partial charge in [0.05, 0.1) is 10.7 Å². The van der Waals surface area contributed by atoms with Crippen LogP contribution < -0.4 is 5.32 Å². The van der Waals surface area contributed by atoms with E-state index >= 15 is 0 Å². The van der Waals surface area contributed by atoms with Crippen molar-refractivity contribution in [3.63, 3.8) is 0 Å². The van der Waals surface area contributed by atoms with Crippen molar-refractivity contribution in [2.75, 3.05) is 12.4 Å². The normalized spacial score (nSPS) is 9.82. The molecule has 0 unspecified atom stereocenters. The average molecular weight is 255 g/mol. The number of rotatable bonds is 1. The van der Waals surface area contributed by atoms with E-state index in [0.717, 1.165) is 10.2 Å². The Morgan fingerprint density at radius 2 is 2.00 bits per heavy atom. The fraction of sp³-hybridized carbons (Fsp3) is 0.143. The molecule has 0 saturated heterocycles. The highest BCUT2D eigenvalue weighted by atomic mass is 79.9. The molecule has 0 heterocycles. The molecule has 60 valence electrons. The standard InChI is InChI=1S/C7H6BrCl2N/c1-11-7-5(8)2-4(9)3-6(7)10/h2-3,11H,1H3. The van der Waals surface area contributed by atoms with E-state index in [9.17, 15) is 0 Å². The summed E-state index contributed by atoms with van der Waals surface area (Å²) in [4.78, 5) is 0. The topological polar surface area (TPSA) is 12.0 Å². The van der Waals surface area contributed by atoms with E-state index in [4.69, 9.17) is 23.2 Å². The van der Waals surface area contributed by atoms with Gasteiger partial charge in [-0.15, -0.1) is 0 Å². The van der Waals surface area contributed by atoms with E-state index in [-0.39, 0.29) is 0 Å². The van der Waals surface area contributed by atoms with Crippen molar-refractivity contribution in [1.82, 2.24) is 0 Å². The Kier molecular flexibility index (Phi) is 3.05. The summed E-state index contributed by atoms with van der Waals surface area (Å²) in [5.74, 6) is 0. The second-order valence-corrected chi connectivity index (χ2v) is 3.69. The molecule has 0 bridgehead atoms. The van der Waals surface area contributed by atoms with Gasteiger partial charge in [0.15, 0.2) is 0 Å². The summed E-state index contributed by atoms with van der Waals surface area (Å²) in [6.07, 6.45) is 0. The summed E-state index contributed by atoms with van der Waals surface area (Å²) in [5.41, 5.74) is 0.857. The van der Waals surface area contributed by atoms with E-state index in [0.29, 0.717) is 10.0 Å². The Morgan fingerprint density at radius 1 is 1.36 bits per heavy atom. The largest absolute Gasteiger partial charge is 0.386 e. The Balaban J connectivity index is 3.25. The van der Waals surface area contributed by atoms with Gasteiger partial charge in [-0.05, 0) is 28.1 Å². The lowest BCUT2D eigenvalue weighted by molar-refractivity contribution is 1.49. The molecule has 0 aliphatic carbocycles. The zero-order valence-corrected chi connectivity index (χ0v) is 8.89. The molecule has 0 spiro atoms. The minimum atomic E-state index is 0.617. The summed E-state index contributed by atoms with van der Waals surface area (Å²) < 4.78 is 0.873. The van der Waals surface area contributed by atoms with E-state index in [1.54, 1.807) is 19.2 Å². The smallest absolute Gasteiger partial charge is 0.0672 e. The molecule has 0 atom stereocenters. The van der Waals surface area contributed by atoms with E-state index in [1.165, 1.54) is 0 Å². The van der Waals surface area contributed by atoms with Crippen molar-refractivity contribution in [2.24, 2.45) is 0 Å². The summed E-state index contributed by atoms with van der Waals surface area (Å²) in [5, 5.41) is 4.20. The molecule has 1 aromatic rings. The molecule has 0 amide bonds. The van der Waals surface area contributed by atoms with Gasteiger partial charge in [-0.3, -0.25) is 0 Å². The van der Waals surface area contributed by atoms with Crippen LogP contribution in [0.25, 0.3) is 0 Å². The maximum atomic E-state index is 5.86. The molecular formula is C7H6BrCl2N. The molecule has 0 fully saturated rings. The number of anilines is 1. The van der Waals surface area contributed by atoms with Crippen LogP contribution in [0.4, 0.5) is 5.69 Å². The number of halogens is 3. The number of hydrogen-bond donors (Lipinski definition) is 1. The first-order valence-corrected chi connectivity index (χ1v) is 4.52. The lowest BCUT2D eigenvalue weighted by Gasteiger charge is -2.05. The molecule has 0 aliphatic rings. The Bertz CT molecular complexity index is 252. The maximum Gasteiger partial charge on any atom is 0.0672 e. The molecule has 1 rings (SSSR count). The summed E-state index contributed by atoms with van der Waals surface area (Å²) in [7, 11) is 1.81. The minimum absolute atomic E-state index is 0.617. The summed E-state index contributed by atoms with van der Waals surface area (Å²) in [6.45, 7) is 0. The third-order valence-electron chi connectivity index (χ3n) is 1.26. The van der Waals surface area contributed by atoms with Crippen LogP contribution in [0.5, 0.6) is 0 Å².